The van der Waals surface area contributed by atoms with E-state index in [1.165, 1.54) is 5.39 Å². The highest BCUT2D eigenvalue weighted by molar-refractivity contribution is 5.85. The molecule has 0 heterocycles. The summed E-state index contributed by atoms with van der Waals surface area (Å²) in [5.41, 5.74) is 2.06. The van der Waals surface area contributed by atoms with Gasteiger partial charge in [-0.15, -0.1) is 0 Å². The van der Waals surface area contributed by atoms with E-state index in [4.69, 9.17) is 0 Å². The molecule has 96 valence electrons. The summed E-state index contributed by atoms with van der Waals surface area (Å²) in [4.78, 5) is 0. The Kier molecular flexibility index (Phi) is 3.81. The second-order valence-corrected chi connectivity index (χ2v) is 4.40. The van der Waals surface area contributed by atoms with Crippen molar-refractivity contribution in [2.75, 3.05) is 6.54 Å². The molecule has 19 heavy (non-hydrogen) atoms. The lowest BCUT2D eigenvalue weighted by Gasteiger charge is -2.11. The van der Waals surface area contributed by atoms with E-state index in [0.717, 1.165) is 16.6 Å². The average molecular weight is 253 g/mol. The van der Waals surface area contributed by atoms with Gasteiger partial charge in [0, 0.05) is 12.2 Å². The van der Waals surface area contributed by atoms with Crippen LogP contribution in [-0.2, 0) is 0 Å². The predicted octanol–water partition coefficient (Wildman–Crippen LogP) is 4.44. The van der Waals surface area contributed by atoms with Crippen molar-refractivity contribution < 1.29 is 4.39 Å². The molecule has 0 aromatic heterocycles. The Balaban J connectivity index is 2.13. The first-order valence-electron chi connectivity index (χ1n) is 6.02. The smallest absolute Gasteiger partial charge is 0.120 e. The van der Waals surface area contributed by atoms with Gasteiger partial charge >= 0.3 is 0 Å². The third-order valence-corrected chi connectivity index (χ3v) is 3.00. The van der Waals surface area contributed by atoms with Crippen molar-refractivity contribution in [1.82, 2.24) is 5.32 Å². The number of benzene rings is 2. The van der Waals surface area contributed by atoms with Crippen LogP contribution in [0.5, 0.6) is 0 Å². The molecule has 0 saturated heterocycles. The van der Waals surface area contributed by atoms with Gasteiger partial charge in [0.15, 0.2) is 0 Å². The number of fused-ring (bicyclic) bond motifs is 1. The summed E-state index contributed by atoms with van der Waals surface area (Å²) in [6.45, 7) is 11.1. The second-order valence-electron chi connectivity index (χ2n) is 4.40. The maximum atomic E-state index is 12.8. The lowest BCUT2D eigenvalue weighted by Crippen LogP contribution is -2.14. The van der Waals surface area contributed by atoms with E-state index in [0.29, 0.717) is 12.1 Å². The molecule has 1 nitrogen and oxygen atoms in total. The minimum absolute atomic E-state index is 0.307. The Bertz CT molecular complexity index is 655. The third kappa shape index (κ3) is 3.10. The average Bonchev–Trinajstić information content (AvgIpc) is 2.43. The molecule has 0 unspecified atom stereocenters. The number of hydrogen-bond donors (Lipinski definition) is 1. The second kappa shape index (κ2) is 5.53. The molecule has 0 bridgehead atoms. The number of rotatable bonds is 5. The maximum Gasteiger partial charge on any atom is 0.120 e. The van der Waals surface area contributed by atoms with Crippen molar-refractivity contribution in [3.63, 3.8) is 0 Å². The van der Waals surface area contributed by atoms with Crippen LogP contribution < -0.4 is 5.32 Å². The standard InChI is InChI=1S/C17H16FN/c1-12(13(2)18)11-19-14(3)16-9-8-15-6-4-5-7-17(15)10-16/h4-10,19H,1-3,11H2. The van der Waals surface area contributed by atoms with Crippen LogP contribution in [0.25, 0.3) is 16.5 Å². The molecule has 0 fully saturated rings. The van der Waals surface area contributed by atoms with Crippen molar-refractivity contribution in [2.45, 2.75) is 0 Å². The van der Waals surface area contributed by atoms with E-state index in [-0.39, 0.29) is 0 Å². The SMILES string of the molecule is C=C(F)C(=C)CNC(=C)c1ccc2ccccc2c1. The van der Waals surface area contributed by atoms with Gasteiger partial charge in [-0.05, 0) is 28.0 Å². The van der Waals surface area contributed by atoms with E-state index < -0.39 is 5.83 Å². The first-order valence-corrected chi connectivity index (χ1v) is 6.02. The molecule has 0 amide bonds. The molecule has 2 heteroatoms. The summed E-state index contributed by atoms with van der Waals surface area (Å²) in [6, 6.07) is 14.2. The quantitative estimate of drug-likeness (QED) is 0.777. The summed E-state index contributed by atoms with van der Waals surface area (Å²) in [5.74, 6) is -0.501. The van der Waals surface area contributed by atoms with E-state index in [2.05, 4.69) is 43.3 Å². The van der Waals surface area contributed by atoms with Gasteiger partial charge in [0.1, 0.15) is 5.83 Å². The van der Waals surface area contributed by atoms with Crippen LogP contribution >= 0.6 is 0 Å². The van der Waals surface area contributed by atoms with E-state index in [1.807, 2.05) is 24.3 Å². The normalized spacial score (nSPS) is 10.2. The summed E-state index contributed by atoms with van der Waals surface area (Å²) in [6.07, 6.45) is 0. The number of halogens is 1. The Morgan fingerprint density at radius 1 is 1.00 bits per heavy atom. The van der Waals surface area contributed by atoms with Gasteiger partial charge in [0.05, 0.1) is 0 Å². The molecule has 2 aromatic carbocycles. The molecular formula is C17H16FN. The molecular weight excluding hydrogens is 237 g/mol. The van der Waals surface area contributed by atoms with Crippen LogP contribution in [0.1, 0.15) is 5.56 Å². The molecule has 1 N–H and O–H groups in total. The van der Waals surface area contributed by atoms with Crippen LogP contribution in [0.15, 0.2) is 73.6 Å². The Labute approximate surface area is 112 Å². The Morgan fingerprint density at radius 3 is 2.37 bits per heavy atom. The van der Waals surface area contributed by atoms with Crippen molar-refractivity contribution in [3.8, 4) is 0 Å². The lowest BCUT2D eigenvalue weighted by atomic mass is 10.1. The monoisotopic (exact) mass is 253 g/mol. The van der Waals surface area contributed by atoms with Gasteiger partial charge in [-0.25, -0.2) is 4.39 Å². The molecule has 0 aliphatic carbocycles. The van der Waals surface area contributed by atoms with Crippen LogP contribution in [0.3, 0.4) is 0 Å². The zero-order valence-corrected chi connectivity index (χ0v) is 10.7. The van der Waals surface area contributed by atoms with Gasteiger partial charge < -0.3 is 5.32 Å². The lowest BCUT2D eigenvalue weighted by molar-refractivity contribution is 0.647. The van der Waals surface area contributed by atoms with Gasteiger partial charge in [-0.1, -0.05) is 56.1 Å². The third-order valence-electron chi connectivity index (χ3n) is 3.00. The Hall–Kier alpha value is -2.35. The summed E-state index contributed by atoms with van der Waals surface area (Å²) in [7, 11) is 0. The topological polar surface area (TPSA) is 12.0 Å². The largest absolute Gasteiger partial charge is 0.381 e. The fourth-order valence-corrected chi connectivity index (χ4v) is 1.79. The fraction of sp³-hybridized carbons (Fsp3) is 0.0588. The van der Waals surface area contributed by atoms with Crippen LogP contribution in [0.4, 0.5) is 4.39 Å². The van der Waals surface area contributed by atoms with Crippen molar-refractivity contribution in [2.24, 2.45) is 0 Å². The maximum absolute atomic E-state index is 12.8. The zero-order chi connectivity index (χ0) is 13.8. The minimum Gasteiger partial charge on any atom is -0.381 e. The van der Waals surface area contributed by atoms with Crippen LogP contribution in [0, 0.1) is 0 Å². The summed E-state index contributed by atoms with van der Waals surface area (Å²) >= 11 is 0. The fourth-order valence-electron chi connectivity index (χ4n) is 1.79. The van der Waals surface area contributed by atoms with E-state index in [9.17, 15) is 4.39 Å². The highest BCUT2D eigenvalue weighted by atomic mass is 19.1. The molecule has 0 spiro atoms. The molecule has 2 aromatic rings. The van der Waals surface area contributed by atoms with Gasteiger partial charge in [-0.2, -0.15) is 0 Å². The van der Waals surface area contributed by atoms with Crippen LogP contribution in [0.2, 0.25) is 0 Å². The summed E-state index contributed by atoms with van der Waals surface area (Å²) in [5, 5.41) is 5.38. The van der Waals surface area contributed by atoms with E-state index in [1.54, 1.807) is 0 Å². The van der Waals surface area contributed by atoms with Gasteiger partial charge in [0.25, 0.3) is 0 Å². The highest BCUT2D eigenvalue weighted by Crippen LogP contribution is 2.19. The van der Waals surface area contributed by atoms with Crippen molar-refractivity contribution >= 4 is 16.5 Å². The first-order chi connectivity index (χ1) is 9.08. The van der Waals surface area contributed by atoms with E-state index >= 15 is 0 Å². The van der Waals surface area contributed by atoms with Crippen molar-refractivity contribution in [3.05, 3.63) is 79.2 Å². The van der Waals surface area contributed by atoms with Gasteiger partial charge in [-0.3, -0.25) is 0 Å². The van der Waals surface area contributed by atoms with Crippen molar-refractivity contribution in [1.29, 1.82) is 0 Å². The number of hydrogen-bond acceptors (Lipinski definition) is 1. The molecule has 0 radical (unpaired) electrons. The highest BCUT2D eigenvalue weighted by Gasteiger charge is 2.02. The molecule has 0 atom stereocenters. The summed E-state index contributed by atoms with van der Waals surface area (Å²) < 4.78 is 12.8. The minimum atomic E-state index is -0.501. The molecule has 0 saturated carbocycles. The first kappa shape index (κ1) is 13.1. The molecule has 0 aliphatic heterocycles. The molecule has 0 aliphatic rings. The van der Waals surface area contributed by atoms with Crippen LogP contribution in [-0.4, -0.2) is 6.54 Å². The number of nitrogens with one attached hydrogen (secondary N) is 1. The zero-order valence-electron chi connectivity index (χ0n) is 10.7. The Morgan fingerprint density at radius 2 is 1.68 bits per heavy atom. The van der Waals surface area contributed by atoms with Gasteiger partial charge in [0.2, 0.25) is 0 Å². The molecule has 2 rings (SSSR count). The predicted molar refractivity (Wildman–Crippen MR) is 80.4 cm³/mol.